The quantitative estimate of drug-likeness (QED) is 0.845. The molecular formula is C12H15N3S2. The van der Waals surface area contributed by atoms with Crippen molar-refractivity contribution >= 4 is 33.9 Å². The molecule has 0 saturated heterocycles. The van der Waals surface area contributed by atoms with Gasteiger partial charge >= 0.3 is 0 Å². The Kier molecular flexibility index (Phi) is 4.02. The van der Waals surface area contributed by atoms with Gasteiger partial charge in [0.2, 0.25) is 5.13 Å². The van der Waals surface area contributed by atoms with Gasteiger partial charge in [-0.15, -0.1) is 10.2 Å². The molecule has 2 aromatic rings. The number of benzene rings is 1. The van der Waals surface area contributed by atoms with Gasteiger partial charge in [0.15, 0.2) is 4.34 Å². The Morgan fingerprint density at radius 2 is 2.12 bits per heavy atom. The minimum atomic E-state index is 0.537. The minimum absolute atomic E-state index is 0.537. The van der Waals surface area contributed by atoms with Crippen LogP contribution < -0.4 is 5.32 Å². The van der Waals surface area contributed by atoms with Gasteiger partial charge in [-0.25, -0.2) is 0 Å². The van der Waals surface area contributed by atoms with Crippen molar-refractivity contribution in [3.63, 3.8) is 0 Å². The summed E-state index contributed by atoms with van der Waals surface area (Å²) in [6.45, 7) is 6.38. The van der Waals surface area contributed by atoms with Gasteiger partial charge in [-0.3, -0.25) is 0 Å². The van der Waals surface area contributed by atoms with E-state index in [1.807, 2.05) is 12.1 Å². The number of nitrogens with one attached hydrogen (secondary N) is 1. The molecule has 0 amide bonds. The highest BCUT2D eigenvalue weighted by atomic mass is 32.2. The average Bonchev–Trinajstić information content (AvgIpc) is 2.64. The minimum Gasteiger partial charge on any atom is -0.330 e. The third kappa shape index (κ3) is 3.71. The topological polar surface area (TPSA) is 37.8 Å². The SMILES string of the molecule is Cc1cccc(Nc2nnc(SC(C)C)s2)c1. The Hall–Kier alpha value is -1.07. The summed E-state index contributed by atoms with van der Waals surface area (Å²) in [5.74, 6) is 0. The lowest BCUT2D eigenvalue weighted by Crippen LogP contribution is -1.89. The summed E-state index contributed by atoms with van der Waals surface area (Å²) in [6.07, 6.45) is 0. The van der Waals surface area contributed by atoms with Gasteiger partial charge in [0, 0.05) is 10.9 Å². The molecule has 1 aromatic carbocycles. The van der Waals surface area contributed by atoms with Gasteiger partial charge in [-0.05, 0) is 24.6 Å². The fourth-order valence-electron chi connectivity index (χ4n) is 1.36. The molecule has 17 heavy (non-hydrogen) atoms. The summed E-state index contributed by atoms with van der Waals surface area (Å²) in [5.41, 5.74) is 2.29. The Morgan fingerprint density at radius 1 is 1.29 bits per heavy atom. The number of hydrogen-bond donors (Lipinski definition) is 1. The van der Waals surface area contributed by atoms with Gasteiger partial charge < -0.3 is 5.32 Å². The van der Waals surface area contributed by atoms with Crippen LogP contribution in [0.2, 0.25) is 0 Å². The third-order valence-corrected chi connectivity index (χ3v) is 3.94. The molecule has 0 unspecified atom stereocenters. The molecule has 0 spiro atoms. The fourth-order valence-corrected chi connectivity index (χ4v) is 3.35. The van der Waals surface area contributed by atoms with Crippen molar-refractivity contribution < 1.29 is 0 Å². The first-order valence-corrected chi connectivity index (χ1v) is 7.17. The number of nitrogens with zero attached hydrogens (tertiary/aromatic N) is 2. The molecular weight excluding hydrogens is 250 g/mol. The lowest BCUT2D eigenvalue weighted by atomic mass is 10.2. The maximum Gasteiger partial charge on any atom is 0.210 e. The van der Waals surface area contributed by atoms with Crippen molar-refractivity contribution in [2.75, 3.05) is 5.32 Å². The number of anilines is 2. The molecule has 0 bridgehead atoms. The zero-order chi connectivity index (χ0) is 12.3. The predicted octanol–water partition coefficient (Wildman–Crippen LogP) is 4.09. The summed E-state index contributed by atoms with van der Waals surface area (Å²) in [4.78, 5) is 0. The average molecular weight is 265 g/mol. The van der Waals surface area contributed by atoms with Crippen molar-refractivity contribution in [3.05, 3.63) is 29.8 Å². The van der Waals surface area contributed by atoms with Crippen molar-refractivity contribution in [2.45, 2.75) is 30.4 Å². The molecule has 2 rings (SSSR count). The second-order valence-corrected chi connectivity index (χ2v) is 6.84. The number of aryl methyl sites for hydroxylation is 1. The van der Waals surface area contributed by atoms with Gasteiger partial charge in [0.05, 0.1) is 0 Å². The van der Waals surface area contributed by atoms with Gasteiger partial charge in [0.1, 0.15) is 0 Å². The van der Waals surface area contributed by atoms with Crippen LogP contribution >= 0.6 is 23.1 Å². The van der Waals surface area contributed by atoms with Crippen LogP contribution in [0.4, 0.5) is 10.8 Å². The highest BCUT2D eigenvalue weighted by Gasteiger charge is 2.06. The number of hydrogen-bond acceptors (Lipinski definition) is 5. The first-order chi connectivity index (χ1) is 8.13. The Bertz CT molecular complexity index is 494. The first-order valence-electron chi connectivity index (χ1n) is 5.47. The second-order valence-electron chi connectivity index (χ2n) is 4.03. The molecule has 1 aromatic heterocycles. The van der Waals surface area contributed by atoms with E-state index in [0.717, 1.165) is 15.2 Å². The zero-order valence-corrected chi connectivity index (χ0v) is 11.7. The van der Waals surface area contributed by atoms with E-state index in [2.05, 4.69) is 48.4 Å². The first kappa shape index (κ1) is 12.4. The number of rotatable bonds is 4. The molecule has 0 aliphatic carbocycles. The Labute approximate surface area is 110 Å². The Morgan fingerprint density at radius 3 is 2.82 bits per heavy atom. The van der Waals surface area contributed by atoms with Crippen molar-refractivity contribution in [1.82, 2.24) is 10.2 Å². The molecule has 3 nitrogen and oxygen atoms in total. The maximum absolute atomic E-state index is 4.14. The van der Waals surface area contributed by atoms with E-state index in [-0.39, 0.29) is 0 Å². The van der Waals surface area contributed by atoms with Crippen LogP contribution in [0, 0.1) is 6.92 Å². The van der Waals surface area contributed by atoms with E-state index in [4.69, 9.17) is 0 Å². The highest BCUT2D eigenvalue weighted by molar-refractivity contribution is 8.01. The Balaban J connectivity index is 2.06. The molecule has 0 aliphatic rings. The largest absolute Gasteiger partial charge is 0.330 e. The summed E-state index contributed by atoms with van der Waals surface area (Å²) < 4.78 is 1.01. The van der Waals surface area contributed by atoms with Gasteiger partial charge in [0.25, 0.3) is 0 Å². The maximum atomic E-state index is 4.14. The van der Waals surface area contributed by atoms with Crippen LogP contribution in [-0.2, 0) is 0 Å². The normalized spacial score (nSPS) is 10.8. The molecule has 0 atom stereocenters. The smallest absolute Gasteiger partial charge is 0.210 e. The van der Waals surface area contributed by atoms with Crippen LogP contribution in [0.25, 0.3) is 0 Å². The molecule has 5 heteroatoms. The predicted molar refractivity (Wildman–Crippen MR) is 75.4 cm³/mol. The monoisotopic (exact) mass is 265 g/mol. The molecule has 90 valence electrons. The number of aromatic nitrogens is 2. The second kappa shape index (κ2) is 5.51. The highest BCUT2D eigenvalue weighted by Crippen LogP contribution is 2.30. The van der Waals surface area contributed by atoms with Crippen LogP contribution in [-0.4, -0.2) is 15.4 Å². The molecule has 0 radical (unpaired) electrons. The zero-order valence-electron chi connectivity index (χ0n) is 10.1. The summed E-state index contributed by atoms with van der Waals surface area (Å²) in [7, 11) is 0. The van der Waals surface area contributed by atoms with Gasteiger partial charge in [-0.1, -0.05) is 49.1 Å². The molecule has 0 saturated carbocycles. The van der Waals surface area contributed by atoms with Crippen molar-refractivity contribution in [3.8, 4) is 0 Å². The molecule has 1 N–H and O–H groups in total. The van der Waals surface area contributed by atoms with Crippen molar-refractivity contribution in [2.24, 2.45) is 0 Å². The fraction of sp³-hybridized carbons (Fsp3) is 0.333. The molecule has 0 fully saturated rings. The van der Waals surface area contributed by atoms with E-state index in [9.17, 15) is 0 Å². The van der Waals surface area contributed by atoms with Gasteiger partial charge in [-0.2, -0.15) is 0 Å². The summed E-state index contributed by atoms with van der Waals surface area (Å²) in [6, 6.07) is 8.23. The standard InChI is InChI=1S/C12H15N3S2/c1-8(2)16-12-15-14-11(17-12)13-10-6-4-5-9(3)7-10/h4-8H,1-3H3,(H,13,14). The number of thioether (sulfide) groups is 1. The van der Waals surface area contributed by atoms with Crippen LogP contribution in [0.15, 0.2) is 28.6 Å². The van der Waals surface area contributed by atoms with E-state index in [0.29, 0.717) is 5.25 Å². The summed E-state index contributed by atoms with van der Waals surface area (Å²) >= 11 is 3.33. The lowest BCUT2D eigenvalue weighted by Gasteiger charge is -2.02. The molecule has 1 heterocycles. The molecule has 0 aliphatic heterocycles. The van der Waals surface area contributed by atoms with E-state index in [1.54, 1.807) is 23.1 Å². The van der Waals surface area contributed by atoms with E-state index < -0.39 is 0 Å². The lowest BCUT2D eigenvalue weighted by molar-refractivity contribution is 1.00. The van der Waals surface area contributed by atoms with Crippen molar-refractivity contribution in [1.29, 1.82) is 0 Å². The summed E-state index contributed by atoms with van der Waals surface area (Å²) in [5, 5.41) is 12.9. The van der Waals surface area contributed by atoms with Crippen LogP contribution in [0.5, 0.6) is 0 Å². The van der Waals surface area contributed by atoms with E-state index >= 15 is 0 Å². The third-order valence-electron chi connectivity index (χ3n) is 2.01. The van der Waals surface area contributed by atoms with Crippen LogP contribution in [0.1, 0.15) is 19.4 Å². The van der Waals surface area contributed by atoms with Crippen LogP contribution in [0.3, 0.4) is 0 Å². The van der Waals surface area contributed by atoms with E-state index in [1.165, 1.54) is 5.56 Å².